The lowest BCUT2D eigenvalue weighted by Crippen LogP contribution is -2.52. The Bertz CT molecular complexity index is 687. The van der Waals surface area contributed by atoms with Gasteiger partial charge in [-0.3, -0.25) is 9.71 Å². The molecule has 1 aliphatic carbocycles. The first kappa shape index (κ1) is 14.9. The van der Waals surface area contributed by atoms with Gasteiger partial charge in [0.25, 0.3) is 10.0 Å². The topological polar surface area (TPSA) is 78.8 Å². The van der Waals surface area contributed by atoms with Crippen molar-refractivity contribution >= 4 is 27.6 Å². The van der Waals surface area contributed by atoms with Crippen molar-refractivity contribution in [3.8, 4) is 0 Å². The molecule has 2 N–H and O–H groups in total. The van der Waals surface area contributed by atoms with Crippen LogP contribution in [0.4, 0.5) is 0 Å². The molecule has 3 rings (SSSR count). The van der Waals surface area contributed by atoms with Crippen LogP contribution in [0.15, 0.2) is 34.2 Å². The molecule has 1 fully saturated rings. The molecule has 0 bridgehead atoms. The second-order valence-corrected chi connectivity index (χ2v) is 8.48. The van der Waals surface area contributed by atoms with Crippen molar-refractivity contribution in [3.05, 3.63) is 29.8 Å². The molecule has 2 unspecified atom stereocenters. The van der Waals surface area contributed by atoms with E-state index in [2.05, 4.69) is 16.6 Å². The lowest BCUT2D eigenvalue weighted by atomic mass is 9.79. The normalized spacial score (nSPS) is 31.5. The molecule has 5 nitrogen and oxygen atoms in total. The van der Waals surface area contributed by atoms with Crippen molar-refractivity contribution in [1.29, 1.82) is 0 Å². The molecule has 7 heteroatoms. The second kappa shape index (κ2) is 5.30. The Labute approximate surface area is 128 Å². The van der Waals surface area contributed by atoms with E-state index in [4.69, 9.17) is 0 Å². The third-order valence-electron chi connectivity index (χ3n) is 3.98. The molecule has 2 atom stereocenters. The van der Waals surface area contributed by atoms with Gasteiger partial charge in [0.1, 0.15) is 5.84 Å². The first-order valence-corrected chi connectivity index (χ1v) is 9.50. The van der Waals surface area contributed by atoms with Crippen molar-refractivity contribution in [2.75, 3.05) is 12.3 Å². The van der Waals surface area contributed by atoms with Crippen LogP contribution in [0, 0.1) is 0 Å². The van der Waals surface area contributed by atoms with E-state index in [1.165, 1.54) is 0 Å². The van der Waals surface area contributed by atoms with E-state index in [-0.39, 0.29) is 16.7 Å². The Kier molecular flexibility index (Phi) is 3.75. The van der Waals surface area contributed by atoms with Gasteiger partial charge >= 0.3 is 0 Å². The molecule has 21 heavy (non-hydrogen) atoms. The van der Waals surface area contributed by atoms with Crippen LogP contribution in [0.3, 0.4) is 0 Å². The fourth-order valence-electron chi connectivity index (χ4n) is 2.68. The fourth-order valence-corrected chi connectivity index (χ4v) is 5.12. The van der Waals surface area contributed by atoms with Gasteiger partial charge in [0.2, 0.25) is 0 Å². The van der Waals surface area contributed by atoms with E-state index in [1.54, 1.807) is 36.0 Å². The number of benzene rings is 1. The molecular formula is C14H18N2O3S2. The highest BCUT2D eigenvalue weighted by atomic mass is 32.2. The number of thioether (sulfide) groups is 1. The third kappa shape index (κ3) is 2.58. The number of hydrogen-bond donors (Lipinski definition) is 2. The van der Waals surface area contributed by atoms with Crippen LogP contribution >= 0.6 is 11.8 Å². The lowest BCUT2D eigenvalue weighted by molar-refractivity contribution is -0.0153. The maximum atomic E-state index is 12.0. The molecule has 1 saturated carbocycles. The van der Waals surface area contributed by atoms with Crippen LogP contribution in [0.2, 0.25) is 0 Å². The van der Waals surface area contributed by atoms with E-state index < -0.39 is 15.6 Å². The van der Waals surface area contributed by atoms with Gasteiger partial charge in [-0.15, -0.1) is 0 Å². The van der Waals surface area contributed by atoms with Crippen LogP contribution < -0.4 is 4.72 Å². The minimum Gasteiger partial charge on any atom is -0.387 e. The zero-order valence-electron chi connectivity index (χ0n) is 11.7. The molecule has 1 heterocycles. The second-order valence-electron chi connectivity index (χ2n) is 5.35. The first-order chi connectivity index (χ1) is 9.96. The van der Waals surface area contributed by atoms with Crippen LogP contribution in [0.5, 0.6) is 0 Å². The number of nitrogens with one attached hydrogen (secondary N) is 1. The summed E-state index contributed by atoms with van der Waals surface area (Å²) in [4.78, 5) is 4.60. The summed E-state index contributed by atoms with van der Waals surface area (Å²) in [5, 5.41) is 10.7. The molecule has 1 aromatic rings. The van der Waals surface area contributed by atoms with Crippen molar-refractivity contribution in [2.24, 2.45) is 4.99 Å². The molecule has 1 aliphatic heterocycles. The zero-order chi connectivity index (χ0) is 15.1. The summed E-state index contributed by atoms with van der Waals surface area (Å²) in [6.45, 7) is 2.30. The Morgan fingerprint density at radius 3 is 2.90 bits per heavy atom. The molecule has 0 spiro atoms. The van der Waals surface area contributed by atoms with E-state index in [0.29, 0.717) is 11.4 Å². The van der Waals surface area contributed by atoms with Crippen LogP contribution in [-0.2, 0) is 10.0 Å². The molecule has 0 amide bonds. The Morgan fingerprint density at radius 1 is 1.48 bits per heavy atom. The van der Waals surface area contributed by atoms with E-state index >= 15 is 0 Å². The number of rotatable bonds is 4. The first-order valence-electron chi connectivity index (χ1n) is 6.97. The van der Waals surface area contributed by atoms with E-state index in [1.807, 2.05) is 0 Å². The van der Waals surface area contributed by atoms with Crippen molar-refractivity contribution < 1.29 is 13.5 Å². The summed E-state index contributed by atoms with van der Waals surface area (Å²) in [5.41, 5.74) is -0.225. The number of hydrogen-bond acceptors (Lipinski definition) is 5. The number of sulfonamides is 1. The standard InChI is InChI=1S/C14H18N2O3S2/c1-2-20-12-7-8-14(12,17)9-15-13-10-5-3-4-6-11(10)21(18,19)16-13/h3-6,12,17H,2,7-9H2,1H3,(H,15,16). The van der Waals surface area contributed by atoms with Gasteiger partial charge in [-0.1, -0.05) is 19.1 Å². The minimum absolute atomic E-state index is 0.195. The number of aliphatic imine (C=N–C) groups is 1. The summed E-state index contributed by atoms with van der Waals surface area (Å²) in [6, 6.07) is 6.77. The van der Waals surface area contributed by atoms with Gasteiger partial charge in [0.05, 0.1) is 17.0 Å². The molecular weight excluding hydrogens is 308 g/mol. The van der Waals surface area contributed by atoms with Gasteiger partial charge in [-0.05, 0) is 30.7 Å². The highest BCUT2D eigenvalue weighted by Crippen LogP contribution is 2.41. The van der Waals surface area contributed by atoms with Gasteiger partial charge in [-0.25, -0.2) is 8.42 Å². The van der Waals surface area contributed by atoms with Crippen molar-refractivity contribution in [3.63, 3.8) is 0 Å². The van der Waals surface area contributed by atoms with E-state index in [0.717, 1.165) is 18.6 Å². The van der Waals surface area contributed by atoms with Gasteiger partial charge < -0.3 is 5.11 Å². The number of fused-ring (bicyclic) bond motifs is 1. The average Bonchev–Trinajstić information content (AvgIpc) is 2.73. The summed E-state index contributed by atoms with van der Waals surface area (Å²) in [5.74, 6) is 1.30. The zero-order valence-corrected chi connectivity index (χ0v) is 13.4. The predicted molar refractivity (Wildman–Crippen MR) is 84.3 cm³/mol. The Balaban J connectivity index is 1.83. The maximum Gasteiger partial charge on any atom is 0.263 e. The molecule has 2 aliphatic rings. The molecule has 0 saturated heterocycles. The molecule has 114 valence electrons. The molecule has 0 radical (unpaired) electrons. The number of amidine groups is 1. The quantitative estimate of drug-likeness (QED) is 0.876. The van der Waals surface area contributed by atoms with Crippen LogP contribution in [0.25, 0.3) is 0 Å². The SMILES string of the molecule is CCSC1CCC1(O)CN=C1NS(=O)(=O)c2ccccc21. The van der Waals surface area contributed by atoms with Crippen LogP contribution in [0.1, 0.15) is 25.3 Å². The fraction of sp³-hybridized carbons (Fsp3) is 0.500. The van der Waals surface area contributed by atoms with Gasteiger partial charge in [0.15, 0.2) is 0 Å². The minimum atomic E-state index is -3.50. The van der Waals surface area contributed by atoms with Crippen LogP contribution in [-0.4, -0.2) is 42.5 Å². The summed E-state index contributed by atoms with van der Waals surface area (Å²) in [7, 11) is -3.50. The van der Waals surface area contributed by atoms with E-state index in [9.17, 15) is 13.5 Å². The highest BCUT2D eigenvalue weighted by Gasteiger charge is 2.45. The Morgan fingerprint density at radius 2 is 2.24 bits per heavy atom. The third-order valence-corrected chi connectivity index (χ3v) is 6.79. The predicted octanol–water partition coefficient (Wildman–Crippen LogP) is 1.37. The highest BCUT2D eigenvalue weighted by molar-refractivity contribution is 8.00. The lowest BCUT2D eigenvalue weighted by Gasteiger charge is -2.44. The summed E-state index contributed by atoms with van der Waals surface area (Å²) >= 11 is 1.73. The smallest absolute Gasteiger partial charge is 0.263 e. The van der Waals surface area contributed by atoms with Gasteiger partial charge in [0, 0.05) is 10.8 Å². The summed E-state index contributed by atoms with van der Waals surface area (Å²) in [6.07, 6.45) is 1.71. The Hall–Kier alpha value is -1.05. The average molecular weight is 326 g/mol. The summed E-state index contributed by atoms with van der Waals surface area (Å²) < 4.78 is 26.4. The maximum absolute atomic E-state index is 12.0. The van der Waals surface area contributed by atoms with Crippen molar-refractivity contribution in [1.82, 2.24) is 4.72 Å². The largest absolute Gasteiger partial charge is 0.387 e. The van der Waals surface area contributed by atoms with Gasteiger partial charge in [-0.2, -0.15) is 11.8 Å². The number of aliphatic hydroxyl groups is 1. The molecule has 1 aromatic carbocycles. The van der Waals surface area contributed by atoms with Crippen molar-refractivity contribution in [2.45, 2.75) is 35.5 Å². The monoisotopic (exact) mass is 326 g/mol. The number of nitrogens with zero attached hydrogens (tertiary/aromatic N) is 1. The molecule has 0 aromatic heterocycles.